The molecule has 218 valence electrons. The van der Waals surface area contributed by atoms with Crippen molar-refractivity contribution in [2.24, 2.45) is 29.1 Å². The summed E-state index contributed by atoms with van der Waals surface area (Å²) >= 11 is 0. The van der Waals surface area contributed by atoms with Crippen LogP contribution in [-0.2, 0) is 6.42 Å². The van der Waals surface area contributed by atoms with E-state index in [4.69, 9.17) is 10.8 Å². The first-order valence-electron chi connectivity index (χ1n) is 16.2. The molecule has 2 nitrogen and oxygen atoms in total. The molecule has 1 N–H and O–H groups in total. The molecule has 0 heterocycles. The van der Waals surface area contributed by atoms with Gasteiger partial charge in [0, 0.05) is 6.42 Å². The van der Waals surface area contributed by atoms with Crippen LogP contribution in [0.2, 0.25) is 16.6 Å². The van der Waals surface area contributed by atoms with Gasteiger partial charge < -0.3 is 9.53 Å². The number of fused-ring (bicyclic) bond motifs is 5. The normalized spacial score (nSPS) is 30.9. The first-order chi connectivity index (χ1) is 18.3. The maximum absolute atomic E-state index is 10.7. The molecule has 0 saturated heterocycles. The van der Waals surface area contributed by atoms with Crippen LogP contribution in [0.5, 0.6) is 5.75 Å². The molecule has 0 aromatic heterocycles. The van der Waals surface area contributed by atoms with Gasteiger partial charge in [-0.2, -0.15) is 0 Å². The van der Waals surface area contributed by atoms with Gasteiger partial charge in [-0.05, 0) is 133 Å². The summed E-state index contributed by atoms with van der Waals surface area (Å²) in [6.07, 6.45) is 15.8. The molecule has 4 rings (SSSR count). The molecule has 1 unspecified atom stereocenters. The summed E-state index contributed by atoms with van der Waals surface area (Å²) in [5.74, 6) is 7.58. The summed E-state index contributed by atoms with van der Waals surface area (Å²) < 4.78 is 7.09. The molecular formula is C36H58O2Si. The van der Waals surface area contributed by atoms with Crippen molar-refractivity contribution in [2.75, 3.05) is 0 Å². The highest BCUT2D eigenvalue weighted by Gasteiger charge is 2.55. The van der Waals surface area contributed by atoms with Crippen LogP contribution in [0.4, 0.5) is 0 Å². The molecule has 3 heteroatoms. The first kappa shape index (κ1) is 30.7. The van der Waals surface area contributed by atoms with Gasteiger partial charge in [-0.15, -0.1) is 12.3 Å². The minimum absolute atomic E-state index is 0.441. The second kappa shape index (κ2) is 11.6. The molecule has 0 bridgehead atoms. The third-order valence-electron chi connectivity index (χ3n) is 12.1. The molecule has 39 heavy (non-hydrogen) atoms. The van der Waals surface area contributed by atoms with E-state index in [1.807, 2.05) is 6.92 Å². The maximum Gasteiger partial charge on any atom is 0.258 e. The Hall–Kier alpha value is -1.24. The number of aryl methyl sites for hydroxylation is 1. The van der Waals surface area contributed by atoms with Gasteiger partial charge in [0.25, 0.3) is 8.32 Å². The van der Waals surface area contributed by atoms with Crippen molar-refractivity contribution in [3.8, 4) is 18.1 Å². The summed E-state index contributed by atoms with van der Waals surface area (Å²) in [6, 6.07) is 7.23. The Balaban J connectivity index is 1.50. The lowest BCUT2D eigenvalue weighted by Crippen LogP contribution is -2.50. The minimum atomic E-state index is -1.94. The highest BCUT2D eigenvalue weighted by atomic mass is 28.4. The van der Waals surface area contributed by atoms with Gasteiger partial charge in [-0.25, -0.2) is 0 Å². The van der Waals surface area contributed by atoms with Crippen molar-refractivity contribution < 1.29 is 9.53 Å². The Morgan fingerprint density at radius 1 is 1.05 bits per heavy atom. The quantitative estimate of drug-likeness (QED) is 0.232. The van der Waals surface area contributed by atoms with Crippen molar-refractivity contribution in [2.45, 2.75) is 148 Å². The fourth-order valence-corrected chi connectivity index (χ4v) is 15.4. The van der Waals surface area contributed by atoms with Gasteiger partial charge in [0.2, 0.25) is 0 Å². The standard InChI is InChI=1S/C36H58O2Si/c1-11-20-35(9,37)21-18-27(8)33-16-17-34-32-14-12-28-23-29(38-39(24(2)3,25(4)5)26(6)7)13-15-30(28)31(32)19-22-36(33,34)10/h1,13,15,23-27,31-34,37H,12,14,16-22H2,2-10H3/t27-,31-,32-,33-,34+,35?,36-/m1/s1. The predicted molar refractivity (Wildman–Crippen MR) is 169 cm³/mol. The average molecular weight is 551 g/mol. The largest absolute Gasteiger partial charge is 0.543 e. The van der Waals surface area contributed by atoms with E-state index in [0.717, 1.165) is 36.3 Å². The van der Waals surface area contributed by atoms with E-state index in [1.54, 1.807) is 11.1 Å². The fraction of sp³-hybridized carbons (Fsp3) is 0.778. The second-order valence-electron chi connectivity index (χ2n) is 15.3. The Morgan fingerprint density at radius 3 is 2.33 bits per heavy atom. The summed E-state index contributed by atoms with van der Waals surface area (Å²) in [6.45, 7) is 21.3. The molecular weight excluding hydrogens is 492 g/mol. The van der Waals surface area contributed by atoms with Gasteiger partial charge in [0.05, 0.1) is 5.60 Å². The van der Waals surface area contributed by atoms with Crippen LogP contribution >= 0.6 is 0 Å². The van der Waals surface area contributed by atoms with Crippen LogP contribution in [0.1, 0.15) is 131 Å². The predicted octanol–water partition coefficient (Wildman–Crippen LogP) is 9.90. The third-order valence-corrected chi connectivity index (χ3v) is 18.1. The van der Waals surface area contributed by atoms with Crippen molar-refractivity contribution in [1.29, 1.82) is 0 Å². The molecule has 3 aliphatic rings. The smallest absolute Gasteiger partial charge is 0.258 e. The van der Waals surface area contributed by atoms with Crippen molar-refractivity contribution in [1.82, 2.24) is 0 Å². The van der Waals surface area contributed by atoms with E-state index in [9.17, 15) is 5.11 Å². The average Bonchev–Trinajstić information content (AvgIpc) is 3.22. The SMILES string of the molecule is C#CCC(C)(O)CC[C@@H](C)[C@H]1CC[C@H]2[C@@H]3CCc4cc(O[Si](C(C)C)(C(C)C)C(C)C)ccc4[C@H]3CC[C@]12C. The number of hydrogen-bond donors (Lipinski definition) is 1. The zero-order chi connectivity index (χ0) is 28.8. The van der Waals surface area contributed by atoms with Gasteiger partial charge in [-0.3, -0.25) is 0 Å². The minimum Gasteiger partial charge on any atom is -0.543 e. The Bertz CT molecular complexity index is 1010. The maximum atomic E-state index is 10.7. The van der Waals surface area contributed by atoms with Crippen molar-refractivity contribution in [3.05, 3.63) is 29.3 Å². The highest BCUT2D eigenvalue weighted by molar-refractivity contribution is 6.78. The molecule has 0 radical (unpaired) electrons. The van der Waals surface area contributed by atoms with Crippen LogP contribution in [0.3, 0.4) is 0 Å². The van der Waals surface area contributed by atoms with E-state index in [0.29, 0.717) is 40.3 Å². The zero-order valence-electron chi connectivity index (χ0n) is 26.6. The van der Waals surface area contributed by atoms with Gasteiger partial charge in [-0.1, -0.05) is 61.5 Å². The molecule has 1 aromatic carbocycles. The van der Waals surface area contributed by atoms with Crippen LogP contribution in [0.15, 0.2) is 18.2 Å². The van der Waals surface area contributed by atoms with Gasteiger partial charge in [0.1, 0.15) is 5.75 Å². The molecule has 0 aliphatic heterocycles. The number of benzene rings is 1. The van der Waals surface area contributed by atoms with Crippen LogP contribution in [-0.4, -0.2) is 19.0 Å². The molecule has 2 saturated carbocycles. The van der Waals surface area contributed by atoms with Gasteiger partial charge in [0.15, 0.2) is 0 Å². The number of aliphatic hydroxyl groups is 1. The Kier molecular flexibility index (Phi) is 9.10. The fourth-order valence-electron chi connectivity index (χ4n) is 10.2. The topological polar surface area (TPSA) is 29.5 Å². The van der Waals surface area contributed by atoms with Crippen molar-refractivity contribution >= 4 is 8.32 Å². The van der Waals surface area contributed by atoms with Crippen LogP contribution < -0.4 is 4.43 Å². The van der Waals surface area contributed by atoms with E-state index >= 15 is 0 Å². The van der Waals surface area contributed by atoms with E-state index in [-0.39, 0.29) is 0 Å². The zero-order valence-corrected chi connectivity index (χ0v) is 27.6. The van der Waals surface area contributed by atoms with Crippen LogP contribution in [0, 0.1) is 41.4 Å². The summed E-state index contributed by atoms with van der Waals surface area (Å²) in [4.78, 5) is 0. The van der Waals surface area contributed by atoms with Gasteiger partial charge >= 0.3 is 0 Å². The third kappa shape index (κ3) is 5.64. The summed E-state index contributed by atoms with van der Waals surface area (Å²) in [7, 11) is -1.94. The molecule has 1 aromatic rings. The number of rotatable bonds is 10. The molecule has 0 amide bonds. The second-order valence-corrected chi connectivity index (χ2v) is 20.7. The molecule has 3 aliphatic carbocycles. The highest BCUT2D eigenvalue weighted by Crippen LogP contribution is 2.64. The summed E-state index contributed by atoms with van der Waals surface area (Å²) in [5.41, 5.74) is 4.69. The van der Waals surface area contributed by atoms with Crippen LogP contribution in [0.25, 0.3) is 0 Å². The van der Waals surface area contributed by atoms with E-state index in [2.05, 4.69) is 79.5 Å². The lowest BCUT2D eigenvalue weighted by molar-refractivity contribution is 0.000994. The molecule has 0 spiro atoms. The summed E-state index contributed by atoms with van der Waals surface area (Å²) in [5, 5.41) is 10.7. The first-order valence-corrected chi connectivity index (χ1v) is 18.4. The lowest BCUT2D eigenvalue weighted by atomic mass is 9.53. The van der Waals surface area contributed by atoms with Crippen molar-refractivity contribution in [3.63, 3.8) is 0 Å². The van der Waals surface area contributed by atoms with E-state index < -0.39 is 13.9 Å². The molecule has 7 atom stereocenters. The Labute approximate surface area is 242 Å². The number of hydrogen-bond acceptors (Lipinski definition) is 2. The van der Waals surface area contributed by atoms with E-state index in [1.165, 1.54) is 38.5 Å². The Morgan fingerprint density at radius 2 is 1.72 bits per heavy atom. The number of terminal acetylenes is 1. The molecule has 2 fully saturated rings. The lowest BCUT2D eigenvalue weighted by Gasteiger charge is -2.52. The monoisotopic (exact) mass is 550 g/mol.